The Kier molecular flexibility index (Phi) is 8.37. The molecule has 0 aliphatic rings. The maximum atomic E-state index is 10.5. The molecule has 0 aromatic carbocycles. The first-order chi connectivity index (χ1) is 10.1. The molecule has 0 saturated carbocycles. The predicted molar refractivity (Wildman–Crippen MR) is 106 cm³/mol. The zero-order valence-corrected chi connectivity index (χ0v) is 16.7. The zero-order valence-electron chi connectivity index (χ0n) is 12.7. The summed E-state index contributed by atoms with van der Waals surface area (Å²) in [6.07, 6.45) is 0. The van der Waals surface area contributed by atoms with Crippen molar-refractivity contribution in [3.63, 3.8) is 0 Å². The highest BCUT2D eigenvalue weighted by atomic mass is 127. The maximum absolute atomic E-state index is 10.5. The lowest BCUT2D eigenvalue weighted by Gasteiger charge is -2.24. The fraction of sp³-hybridized carbons (Fsp3) is 0.400. The third-order valence-corrected chi connectivity index (χ3v) is 4.50. The maximum Gasteiger partial charge on any atom is 0.191 e. The minimum absolute atomic E-state index is 0. The summed E-state index contributed by atoms with van der Waals surface area (Å²) in [5.41, 5.74) is 1.22. The second-order valence-corrected chi connectivity index (χ2v) is 6.53. The summed E-state index contributed by atoms with van der Waals surface area (Å²) in [5, 5.41) is 25.0. The van der Waals surface area contributed by atoms with E-state index in [0.717, 1.165) is 18.1 Å². The van der Waals surface area contributed by atoms with Crippen molar-refractivity contribution in [2.75, 3.05) is 13.1 Å². The van der Waals surface area contributed by atoms with Crippen LogP contribution in [0.25, 0.3) is 0 Å². The molecule has 2 heterocycles. The minimum Gasteiger partial charge on any atom is -0.384 e. The van der Waals surface area contributed by atoms with Gasteiger partial charge in [-0.3, -0.25) is 0 Å². The summed E-state index contributed by atoms with van der Waals surface area (Å²) < 4.78 is 0. The molecule has 1 unspecified atom stereocenters. The average Bonchev–Trinajstić information content (AvgIpc) is 3.14. The fourth-order valence-electron chi connectivity index (χ4n) is 1.82. The van der Waals surface area contributed by atoms with Crippen molar-refractivity contribution in [3.8, 4) is 0 Å². The van der Waals surface area contributed by atoms with Crippen LogP contribution < -0.4 is 10.6 Å². The van der Waals surface area contributed by atoms with Gasteiger partial charge in [0.1, 0.15) is 5.60 Å². The van der Waals surface area contributed by atoms with Crippen LogP contribution in [0.3, 0.4) is 0 Å². The van der Waals surface area contributed by atoms with Crippen LogP contribution in [0.4, 0.5) is 0 Å². The van der Waals surface area contributed by atoms with Crippen molar-refractivity contribution in [1.82, 2.24) is 10.6 Å². The molecule has 0 amide bonds. The minimum atomic E-state index is -0.904. The molecule has 0 radical (unpaired) electrons. The first kappa shape index (κ1) is 19.4. The van der Waals surface area contributed by atoms with Gasteiger partial charge in [-0.2, -0.15) is 22.7 Å². The van der Waals surface area contributed by atoms with Gasteiger partial charge in [-0.25, -0.2) is 4.99 Å². The third-order valence-electron chi connectivity index (χ3n) is 3.09. The van der Waals surface area contributed by atoms with Crippen molar-refractivity contribution in [1.29, 1.82) is 0 Å². The van der Waals surface area contributed by atoms with Gasteiger partial charge in [0.2, 0.25) is 0 Å². The van der Waals surface area contributed by atoms with Crippen LogP contribution in [0.5, 0.6) is 0 Å². The van der Waals surface area contributed by atoms with Crippen LogP contribution >= 0.6 is 46.7 Å². The van der Waals surface area contributed by atoms with E-state index in [1.807, 2.05) is 36.1 Å². The lowest BCUT2D eigenvalue weighted by atomic mass is 9.99. The molecule has 3 N–H and O–H groups in total. The lowest BCUT2D eigenvalue weighted by Crippen LogP contribution is -2.44. The molecule has 7 heteroatoms. The fourth-order valence-corrected chi connectivity index (χ4v) is 3.27. The topological polar surface area (TPSA) is 56.7 Å². The van der Waals surface area contributed by atoms with Gasteiger partial charge in [-0.05, 0) is 58.6 Å². The SMILES string of the molecule is CCNC(=NCc1ccsc1)NCC(C)(O)c1ccsc1.I. The Hall–Kier alpha value is -0.640. The Morgan fingerprint density at radius 2 is 1.95 bits per heavy atom. The number of aliphatic imine (C=N–C) groups is 1. The van der Waals surface area contributed by atoms with Crippen molar-refractivity contribution in [2.24, 2.45) is 4.99 Å². The second kappa shape index (κ2) is 9.49. The Bertz CT molecular complexity index is 553. The Morgan fingerprint density at radius 1 is 1.23 bits per heavy atom. The van der Waals surface area contributed by atoms with Crippen LogP contribution in [0.2, 0.25) is 0 Å². The predicted octanol–water partition coefficient (Wildman–Crippen LogP) is 3.39. The molecular weight excluding hydrogens is 429 g/mol. The van der Waals surface area contributed by atoms with E-state index in [1.54, 1.807) is 22.7 Å². The van der Waals surface area contributed by atoms with Crippen LogP contribution in [0, 0.1) is 0 Å². The first-order valence-electron chi connectivity index (χ1n) is 6.90. The number of hydrogen-bond acceptors (Lipinski definition) is 4. The molecule has 0 spiro atoms. The van der Waals surface area contributed by atoms with E-state index in [1.165, 1.54) is 5.56 Å². The van der Waals surface area contributed by atoms with E-state index in [-0.39, 0.29) is 24.0 Å². The summed E-state index contributed by atoms with van der Waals surface area (Å²) in [7, 11) is 0. The standard InChI is InChI=1S/C15H21N3OS2.HI/c1-3-16-14(17-8-12-4-6-20-9-12)18-11-15(2,19)13-5-7-21-10-13;/h4-7,9-10,19H,3,8,11H2,1-2H3,(H2,16,17,18);1H. The molecular formula is C15H22IN3OS2. The van der Waals surface area contributed by atoms with Gasteiger partial charge in [0.25, 0.3) is 0 Å². The van der Waals surface area contributed by atoms with Crippen molar-refractivity contribution in [3.05, 3.63) is 44.8 Å². The van der Waals surface area contributed by atoms with Crippen LogP contribution in [-0.2, 0) is 12.1 Å². The summed E-state index contributed by atoms with van der Waals surface area (Å²) >= 11 is 3.26. The molecule has 4 nitrogen and oxygen atoms in total. The smallest absolute Gasteiger partial charge is 0.191 e. The van der Waals surface area contributed by atoms with Crippen molar-refractivity contribution < 1.29 is 5.11 Å². The van der Waals surface area contributed by atoms with E-state index in [9.17, 15) is 5.11 Å². The van der Waals surface area contributed by atoms with E-state index < -0.39 is 5.60 Å². The van der Waals surface area contributed by atoms with E-state index >= 15 is 0 Å². The molecule has 22 heavy (non-hydrogen) atoms. The normalized spacial score (nSPS) is 14.0. The summed E-state index contributed by atoms with van der Waals surface area (Å²) in [6, 6.07) is 4.01. The number of aliphatic hydroxyl groups is 1. The molecule has 0 fully saturated rings. The molecule has 2 aromatic rings. The van der Waals surface area contributed by atoms with Crippen LogP contribution in [-0.4, -0.2) is 24.2 Å². The molecule has 0 bridgehead atoms. The van der Waals surface area contributed by atoms with Crippen molar-refractivity contribution in [2.45, 2.75) is 26.0 Å². The van der Waals surface area contributed by atoms with Gasteiger partial charge in [-0.15, -0.1) is 24.0 Å². The van der Waals surface area contributed by atoms with Gasteiger partial charge in [0.15, 0.2) is 5.96 Å². The number of nitrogens with one attached hydrogen (secondary N) is 2. The monoisotopic (exact) mass is 451 g/mol. The molecule has 1 atom stereocenters. The lowest BCUT2D eigenvalue weighted by molar-refractivity contribution is 0.0621. The quantitative estimate of drug-likeness (QED) is 0.359. The van der Waals surface area contributed by atoms with Gasteiger partial charge >= 0.3 is 0 Å². The van der Waals surface area contributed by atoms with Crippen LogP contribution in [0.1, 0.15) is 25.0 Å². The second-order valence-electron chi connectivity index (χ2n) is 4.97. The van der Waals surface area contributed by atoms with Crippen LogP contribution in [0.15, 0.2) is 38.6 Å². The average molecular weight is 451 g/mol. The highest BCUT2D eigenvalue weighted by Crippen LogP contribution is 2.21. The Balaban J connectivity index is 0.00000242. The molecule has 0 saturated heterocycles. The number of nitrogens with zero attached hydrogens (tertiary/aromatic N) is 1. The molecule has 0 aliphatic carbocycles. The Morgan fingerprint density at radius 3 is 2.55 bits per heavy atom. The number of halogens is 1. The number of rotatable bonds is 6. The number of thiophene rings is 2. The van der Waals surface area contributed by atoms with Gasteiger partial charge in [0, 0.05) is 6.54 Å². The molecule has 2 rings (SSSR count). The Labute approximate surface area is 156 Å². The van der Waals surface area contributed by atoms with E-state index in [0.29, 0.717) is 13.1 Å². The highest BCUT2D eigenvalue weighted by Gasteiger charge is 2.23. The summed E-state index contributed by atoms with van der Waals surface area (Å²) in [5.74, 6) is 0.721. The molecule has 0 aliphatic heterocycles. The molecule has 122 valence electrons. The van der Waals surface area contributed by atoms with E-state index in [4.69, 9.17) is 0 Å². The third kappa shape index (κ3) is 5.86. The number of hydrogen-bond donors (Lipinski definition) is 3. The summed E-state index contributed by atoms with van der Waals surface area (Å²) in [4.78, 5) is 4.53. The molecule has 2 aromatic heterocycles. The van der Waals surface area contributed by atoms with Gasteiger partial charge in [-0.1, -0.05) is 0 Å². The highest BCUT2D eigenvalue weighted by molar-refractivity contribution is 14.0. The first-order valence-corrected chi connectivity index (χ1v) is 8.78. The number of guanidine groups is 1. The summed E-state index contributed by atoms with van der Waals surface area (Å²) in [6.45, 7) is 5.68. The van der Waals surface area contributed by atoms with E-state index in [2.05, 4.69) is 27.1 Å². The van der Waals surface area contributed by atoms with Gasteiger partial charge < -0.3 is 15.7 Å². The van der Waals surface area contributed by atoms with Crippen molar-refractivity contribution >= 4 is 52.6 Å². The largest absolute Gasteiger partial charge is 0.384 e. The van der Waals surface area contributed by atoms with Gasteiger partial charge in [0.05, 0.1) is 13.1 Å². The zero-order chi connectivity index (χ0) is 15.1.